The molecule has 0 atom stereocenters. The van der Waals surface area contributed by atoms with E-state index in [4.69, 9.17) is 11.0 Å². The van der Waals surface area contributed by atoms with Gasteiger partial charge in [-0.25, -0.2) is 0 Å². The Labute approximate surface area is 126 Å². The number of primary amides is 1. The highest BCUT2D eigenvalue weighted by atomic mass is 16.6. The Morgan fingerprint density at radius 2 is 2.09 bits per heavy atom. The average molecular weight is 296 g/mol. The predicted molar refractivity (Wildman–Crippen MR) is 79.4 cm³/mol. The van der Waals surface area contributed by atoms with Crippen LogP contribution in [0.15, 0.2) is 48.2 Å². The number of nitriles is 1. The lowest BCUT2D eigenvalue weighted by molar-refractivity contribution is -0.385. The van der Waals surface area contributed by atoms with E-state index in [0.29, 0.717) is 11.3 Å². The van der Waals surface area contributed by atoms with Crippen molar-refractivity contribution >= 4 is 17.7 Å². The van der Waals surface area contributed by atoms with E-state index in [1.807, 2.05) is 0 Å². The van der Waals surface area contributed by atoms with Crippen molar-refractivity contribution in [2.24, 2.45) is 5.73 Å². The van der Waals surface area contributed by atoms with Gasteiger partial charge in [0.25, 0.3) is 11.6 Å². The summed E-state index contributed by atoms with van der Waals surface area (Å²) in [6, 6.07) is 11.5. The van der Waals surface area contributed by atoms with Gasteiger partial charge in [-0.3, -0.25) is 14.9 Å². The summed E-state index contributed by atoms with van der Waals surface area (Å²) in [5.74, 6) is -0.819. The van der Waals surface area contributed by atoms with E-state index in [2.05, 4.69) is 0 Å². The molecule has 0 radical (unpaired) electrons. The maximum absolute atomic E-state index is 11.1. The highest BCUT2D eigenvalue weighted by Crippen LogP contribution is 2.20. The van der Waals surface area contributed by atoms with Gasteiger partial charge in [0.1, 0.15) is 11.6 Å². The average Bonchev–Trinajstić information content (AvgIpc) is 2.91. The number of hydrogen-bond donors (Lipinski definition) is 1. The number of carbonyl (C=O) groups is 1. The second-order valence-electron chi connectivity index (χ2n) is 4.48. The Balaban J connectivity index is 2.38. The number of carbonyl (C=O) groups excluding carboxylic acids is 1. The van der Waals surface area contributed by atoms with Gasteiger partial charge in [-0.2, -0.15) is 5.26 Å². The SMILES string of the molecule is N#C/C(=C\c1cccn1Cc1ccccc1[N+](=O)[O-])C(N)=O. The number of hydrogen-bond acceptors (Lipinski definition) is 4. The summed E-state index contributed by atoms with van der Waals surface area (Å²) in [5, 5.41) is 19.9. The van der Waals surface area contributed by atoms with Crippen LogP contribution in [0.3, 0.4) is 0 Å². The zero-order valence-corrected chi connectivity index (χ0v) is 11.5. The van der Waals surface area contributed by atoms with Crippen molar-refractivity contribution in [2.45, 2.75) is 6.54 Å². The Bertz CT molecular complexity index is 799. The molecule has 0 aliphatic carbocycles. The number of nitrogens with two attached hydrogens (primary N) is 1. The van der Waals surface area contributed by atoms with Gasteiger partial charge in [0.2, 0.25) is 0 Å². The van der Waals surface area contributed by atoms with Gasteiger partial charge in [0, 0.05) is 23.5 Å². The number of nitro benzene ring substituents is 1. The minimum atomic E-state index is -0.819. The van der Waals surface area contributed by atoms with Crippen LogP contribution in [0.5, 0.6) is 0 Å². The first-order valence-corrected chi connectivity index (χ1v) is 6.32. The zero-order chi connectivity index (χ0) is 16.1. The Morgan fingerprint density at radius 3 is 2.73 bits per heavy atom. The van der Waals surface area contributed by atoms with Gasteiger partial charge >= 0.3 is 0 Å². The fraction of sp³-hybridized carbons (Fsp3) is 0.0667. The van der Waals surface area contributed by atoms with Gasteiger partial charge < -0.3 is 10.3 Å². The number of amides is 1. The van der Waals surface area contributed by atoms with Crippen LogP contribution in [0.2, 0.25) is 0 Å². The molecule has 1 aromatic heterocycles. The lowest BCUT2D eigenvalue weighted by atomic mass is 10.1. The first-order valence-electron chi connectivity index (χ1n) is 6.32. The van der Waals surface area contributed by atoms with Crippen LogP contribution >= 0.6 is 0 Å². The molecule has 0 bridgehead atoms. The van der Waals surface area contributed by atoms with E-state index in [1.165, 1.54) is 12.1 Å². The Kier molecular flexibility index (Phi) is 4.34. The molecule has 2 aromatic rings. The Hall–Kier alpha value is -3.40. The molecular formula is C15H12N4O3. The van der Waals surface area contributed by atoms with Gasteiger partial charge in [0.15, 0.2) is 0 Å². The third-order valence-corrected chi connectivity index (χ3v) is 3.07. The van der Waals surface area contributed by atoms with Crippen molar-refractivity contribution in [3.05, 3.63) is 69.5 Å². The molecular weight excluding hydrogens is 284 g/mol. The number of benzene rings is 1. The largest absolute Gasteiger partial charge is 0.365 e. The van der Waals surface area contributed by atoms with Crippen LogP contribution in [0.4, 0.5) is 5.69 Å². The summed E-state index contributed by atoms with van der Waals surface area (Å²) in [6.45, 7) is 0.244. The smallest absolute Gasteiger partial charge is 0.274 e. The Morgan fingerprint density at radius 1 is 1.36 bits per heavy atom. The second-order valence-corrected chi connectivity index (χ2v) is 4.48. The molecule has 0 fully saturated rings. The summed E-state index contributed by atoms with van der Waals surface area (Å²) in [7, 11) is 0. The van der Waals surface area contributed by atoms with Gasteiger partial charge in [-0.05, 0) is 18.2 Å². The maximum atomic E-state index is 11.1. The lowest BCUT2D eigenvalue weighted by Gasteiger charge is -2.07. The van der Waals surface area contributed by atoms with Crippen molar-refractivity contribution in [2.75, 3.05) is 0 Å². The predicted octanol–water partition coefficient (Wildman–Crippen LogP) is 1.84. The van der Waals surface area contributed by atoms with Crippen molar-refractivity contribution in [3.63, 3.8) is 0 Å². The molecule has 110 valence electrons. The van der Waals surface area contributed by atoms with E-state index in [1.54, 1.807) is 47.2 Å². The first kappa shape index (κ1) is 15.0. The number of rotatable bonds is 5. The van der Waals surface area contributed by atoms with E-state index >= 15 is 0 Å². The molecule has 22 heavy (non-hydrogen) atoms. The van der Waals surface area contributed by atoms with Crippen molar-refractivity contribution in [1.29, 1.82) is 5.26 Å². The van der Waals surface area contributed by atoms with Crippen molar-refractivity contribution in [1.82, 2.24) is 4.57 Å². The maximum Gasteiger partial charge on any atom is 0.274 e. The monoisotopic (exact) mass is 296 g/mol. The fourth-order valence-electron chi connectivity index (χ4n) is 2.01. The lowest BCUT2D eigenvalue weighted by Crippen LogP contribution is -2.13. The van der Waals surface area contributed by atoms with Crippen LogP contribution in [0, 0.1) is 21.4 Å². The molecule has 1 amide bonds. The van der Waals surface area contributed by atoms with E-state index < -0.39 is 10.8 Å². The normalized spacial score (nSPS) is 11.0. The van der Waals surface area contributed by atoms with Crippen LogP contribution in [-0.4, -0.2) is 15.4 Å². The molecule has 0 saturated carbocycles. The first-order chi connectivity index (χ1) is 10.5. The van der Waals surface area contributed by atoms with E-state index in [0.717, 1.165) is 0 Å². The molecule has 1 aromatic carbocycles. The third-order valence-electron chi connectivity index (χ3n) is 3.07. The summed E-state index contributed by atoms with van der Waals surface area (Å²) in [5.41, 5.74) is 6.03. The minimum Gasteiger partial charge on any atom is -0.365 e. The molecule has 0 saturated heterocycles. The molecule has 0 spiro atoms. The molecule has 7 heteroatoms. The van der Waals surface area contributed by atoms with Crippen LogP contribution < -0.4 is 5.73 Å². The van der Waals surface area contributed by atoms with Crippen molar-refractivity contribution in [3.8, 4) is 6.07 Å². The zero-order valence-electron chi connectivity index (χ0n) is 11.5. The van der Waals surface area contributed by atoms with Crippen LogP contribution in [0.1, 0.15) is 11.3 Å². The quantitative estimate of drug-likeness (QED) is 0.392. The summed E-state index contributed by atoms with van der Waals surface area (Å²) in [4.78, 5) is 21.7. The van der Waals surface area contributed by atoms with Crippen LogP contribution in [-0.2, 0) is 11.3 Å². The topological polar surface area (TPSA) is 115 Å². The molecule has 0 aliphatic heterocycles. The van der Waals surface area contributed by atoms with Gasteiger partial charge in [-0.15, -0.1) is 0 Å². The molecule has 2 rings (SSSR count). The molecule has 7 nitrogen and oxygen atoms in total. The number of para-hydroxylation sites is 1. The third kappa shape index (κ3) is 3.19. The molecule has 0 unspecified atom stereocenters. The minimum absolute atomic E-state index is 0.0153. The number of nitrogens with zero attached hydrogens (tertiary/aromatic N) is 3. The van der Waals surface area contributed by atoms with Gasteiger partial charge in [0.05, 0.1) is 11.5 Å². The fourth-order valence-corrected chi connectivity index (χ4v) is 2.01. The molecule has 0 aliphatic rings. The second kappa shape index (κ2) is 6.37. The number of aromatic nitrogens is 1. The summed E-state index contributed by atoms with van der Waals surface area (Å²) < 4.78 is 1.70. The molecule has 2 N–H and O–H groups in total. The number of nitro groups is 1. The van der Waals surface area contributed by atoms with Gasteiger partial charge in [-0.1, -0.05) is 18.2 Å². The molecule has 1 heterocycles. The summed E-state index contributed by atoms with van der Waals surface area (Å²) >= 11 is 0. The highest BCUT2D eigenvalue weighted by molar-refractivity contribution is 6.00. The highest BCUT2D eigenvalue weighted by Gasteiger charge is 2.13. The summed E-state index contributed by atoms with van der Waals surface area (Å²) in [6.07, 6.45) is 3.07. The van der Waals surface area contributed by atoms with Crippen LogP contribution in [0.25, 0.3) is 6.08 Å². The van der Waals surface area contributed by atoms with E-state index in [9.17, 15) is 14.9 Å². The van der Waals surface area contributed by atoms with Crippen molar-refractivity contribution < 1.29 is 9.72 Å². The standard InChI is InChI=1S/C15H12N4O3/c16-9-12(15(17)20)8-13-5-3-7-18(13)10-11-4-1-2-6-14(11)19(21)22/h1-8H,10H2,(H2,17,20)/b12-8+. The van der Waals surface area contributed by atoms with E-state index in [-0.39, 0.29) is 17.8 Å².